The number of carbonyl (C=O) groups is 2. The van der Waals surface area contributed by atoms with Crippen LogP contribution in [0.25, 0.3) is 27.7 Å². The second-order valence-electron chi connectivity index (χ2n) is 9.05. The number of imidazole rings is 2. The van der Waals surface area contributed by atoms with Crippen LogP contribution in [0.3, 0.4) is 0 Å². The summed E-state index contributed by atoms with van der Waals surface area (Å²) in [4.78, 5) is 33.0. The number of fused-ring (bicyclic) bond motifs is 2. The van der Waals surface area contributed by atoms with Crippen LogP contribution < -0.4 is 5.32 Å². The highest BCUT2D eigenvalue weighted by Gasteiger charge is 2.42. The molecular formula is C26H14F9N5O2. The Kier molecular flexibility index (Phi) is 6.54. The molecule has 0 radical (unpaired) electrons. The number of halogens is 9. The zero-order valence-electron chi connectivity index (χ0n) is 21.0. The van der Waals surface area contributed by atoms with E-state index in [1.54, 1.807) is 0 Å². The Hall–Kier alpha value is -4.89. The van der Waals surface area contributed by atoms with Gasteiger partial charge in [0.05, 0.1) is 28.5 Å². The van der Waals surface area contributed by atoms with E-state index in [2.05, 4.69) is 9.97 Å². The van der Waals surface area contributed by atoms with Crippen molar-refractivity contribution in [3.8, 4) is 11.1 Å². The molecule has 0 aliphatic carbocycles. The minimum Gasteiger partial charge on any atom is -0.331 e. The van der Waals surface area contributed by atoms with E-state index < -0.39 is 75.3 Å². The third-order valence-electron chi connectivity index (χ3n) is 6.49. The monoisotopic (exact) mass is 599 g/mol. The van der Waals surface area contributed by atoms with E-state index in [9.17, 15) is 49.1 Å². The SMILES string of the molecule is Cc1nc2c(NC(=O)C(F)(F)F)c(-c3cccn4c(C(=O)c5cc(F)c(F)c(F)c5)ncc34)c(C(F)(F)F)cc2n1C. The van der Waals surface area contributed by atoms with Crippen molar-refractivity contribution in [2.45, 2.75) is 19.3 Å². The molecule has 0 saturated carbocycles. The van der Waals surface area contributed by atoms with E-state index in [0.29, 0.717) is 18.2 Å². The third kappa shape index (κ3) is 4.61. The van der Waals surface area contributed by atoms with E-state index >= 15 is 0 Å². The number of pyridine rings is 1. The van der Waals surface area contributed by atoms with Gasteiger partial charge in [-0.15, -0.1) is 0 Å². The molecule has 0 unspecified atom stereocenters. The summed E-state index contributed by atoms with van der Waals surface area (Å²) >= 11 is 0. The van der Waals surface area contributed by atoms with Crippen molar-refractivity contribution in [2.75, 3.05) is 5.32 Å². The van der Waals surface area contributed by atoms with Crippen molar-refractivity contribution < 1.29 is 49.1 Å². The summed E-state index contributed by atoms with van der Waals surface area (Å²) in [6.07, 6.45) is -8.60. The van der Waals surface area contributed by atoms with Crippen LogP contribution in [0.2, 0.25) is 0 Å². The highest BCUT2D eigenvalue weighted by molar-refractivity contribution is 6.11. The molecule has 3 heterocycles. The van der Waals surface area contributed by atoms with Crippen molar-refractivity contribution in [1.82, 2.24) is 18.9 Å². The first kappa shape index (κ1) is 28.6. The predicted octanol–water partition coefficient (Wildman–Crippen LogP) is 6.36. The molecule has 2 aromatic carbocycles. The maximum atomic E-state index is 14.5. The van der Waals surface area contributed by atoms with E-state index in [0.717, 1.165) is 28.9 Å². The van der Waals surface area contributed by atoms with Gasteiger partial charge in [0.1, 0.15) is 11.3 Å². The average Bonchev–Trinajstić information content (AvgIpc) is 3.46. The highest BCUT2D eigenvalue weighted by Crippen LogP contribution is 2.46. The molecule has 0 fully saturated rings. The summed E-state index contributed by atoms with van der Waals surface area (Å²) in [5.41, 5.74) is -5.24. The first-order valence-corrected chi connectivity index (χ1v) is 11.6. The molecule has 5 aromatic rings. The number of nitrogens with zero attached hydrogens (tertiary/aromatic N) is 4. The van der Waals surface area contributed by atoms with E-state index in [4.69, 9.17) is 0 Å². The van der Waals surface area contributed by atoms with Gasteiger partial charge in [-0.3, -0.25) is 14.0 Å². The van der Waals surface area contributed by atoms with Crippen LogP contribution in [0.15, 0.2) is 42.7 Å². The highest BCUT2D eigenvalue weighted by atomic mass is 19.4. The second kappa shape index (κ2) is 9.60. The van der Waals surface area contributed by atoms with Gasteiger partial charge in [0, 0.05) is 29.9 Å². The number of carbonyl (C=O) groups excluding carboxylic acids is 2. The molecule has 1 amide bonds. The molecule has 218 valence electrons. The van der Waals surface area contributed by atoms with Gasteiger partial charge >= 0.3 is 18.3 Å². The lowest BCUT2D eigenvalue weighted by Crippen LogP contribution is -2.30. The fourth-order valence-corrected chi connectivity index (χ4v) is 4.46. The van der Waals surface area contributed by atoms with Gasteiger partial charge in [0.2, 0.25) is 5.78 Å². The molecular weight excluding hydrogens is 585 g/mol. The summed E-state index contributed by atoms with van der Waals surface area (Å²) in [5.74, 6) is -9.37. The van der Waals surface area contributed by atoms with Crippen molar-refractivity contribution in [3.05, 3.63) is 83.0 Å². The first-order chi connectivity index (χ1) is 19.5. The lowest BCUT2D eigenvalue weighted by molar-refractivity contribution is -0.167. The van der Waals surface area contributed by atoms with Gasteiger partial charge in [-0.2, -0.15) is 26.3 Å². The minimum absolute atomic E-state index is 0.118. The average molecular weight is 599 g/mol. The van der Waals surface area contributed by atoms with Gasteiger partial charge in [-0.25, -0.2) is 23.1 Å². The summed E-state index contributed by atoms with van der Waals surface area (Å²) in [6.45, 7) is 1.39. The summed E-state index contributed by atoms with van der Waals surface area (Å²) in [5, 5.41) is 1.53. The Labute approximate surface area is 228 Å². The number of anilines is 1. The molecule has 5 rings (SSSR count). The number of aromatic nitrogens is 4. The molecule has 0 atom stereocenters. The van der Waals surface area contributed by atoms with Crippen molar-refractivity contribution >= 4 is 33.9 Å². The van der Waals surface area contributed by atoms with Crippen LogP contribution in [-0.4, -0.2) is 36.8 Å². The van der Waals surface area contributed by atoms with Gasteiger partial charge in [0.15, 0.2) is 23.3 Å². The molecule has 3 aromatic heterocycles. The van der Waals surface area contributed by atoms with Crippen LogP contribution in [0, 0.1) is 24.4 Å². The Bertz CT molecular complexity index is 1910. The zero-order chi connectivity index (χ0) is 30.9. The zero-order valence-corrected chi connectivity index (χ0v) is 21.0. The standard InChI is InChI=1S/C26H14F9N5O2/c1-10-37-20-16(39(10)2)8-13(25(30,31)32)18(21(20)38-24(42)26(33,34)35)12-4-3-5-40-17(12)9-36-23(40)22(41)11-6-14(27)19(29)15(28)7-11/h3-9H,1-2H3,(H,38,42). The molecule has 0 spiro atoms. The first-order valence-electron chi connectivity index (χ1n) is 11.6. The number of hydrogen-bond donors (Lipinski definition) is 1. The molecule has 0 aliphatic heterocycles. The summed E-state index contributed by atoms with van der Waals surface area (Å²) in [6, 6.07) is 3.67. The van der Waals surface area contributed by atoms with E-state index in [1.165, 1.54) is 23.9 Å². The maximum absolute atomic E-state index is 14.5. The summed E-state index contributed by atoms with van der Waals surface area (Å²) < 4.78 is 126. The molecule has 7 nitrogen and oxygen atoms in total. The number of benzene rings is 2. The molecule has 1 N–H and O–H groups in total. The van der Waals surface area contributed by atoms with Gasteiger partial charge in [0.25, 0.3) is 0 Å². The fourth-order valence-electron chi connectivity index (χ4n) is 4.46. The third-order valence-corrected chi connectivity index (χ3v) is 6.49. The van der Waals surface area contributed by atoms with Gasteiger partial charge < -0.3 is 9.88 Å². The number of nitrogens with one attached hydrogen (secondary N) is 1. The lowest BCUT2D eigenvalue weighted by atomic mass is 9.95. The van der Waals surface area contributed by atoms with Crippen LogP contribution in [0.5, 0.6) is 0 Å². The summed E-state index contributed by atoms with van der Waals surface area (Å²) in [7, 11) is 1.33. The van der Waals surface area contributed by atoms with Crippen LogP contribution >= 0.6 is 0 Å². The van der Waals surface area contributed by atoms with E-state index in [1.807, 2.05) is 0 Å². The van der Waals surface area contributed by atoms with Gasteiger partial charge in [-0.05, 0) is 31.2 Å². The number of alkyl halides is 6. The van der Waals surface area contributed by atoms with Crippen LogP contribution in [0.1, 0.15) is 27.6 Å². The molecule has 0 bridgehead atoms. The number of hydrogen-bond acceptors (Lipinski definition) is 4. The number of amides is 1. The van der Waals surface area contributed by atoms with E-state index in [-0.39, 0.29) is 22.4 Å². The Balaban J connectivity index is 1.82. The number of aryl methyl sites for hydroxylation is 2. The molecule has 0 saturated heterocycles. The smallest absolute Gasteiger partial charge is 0.331 e. The molecule has 0 aliphatic rings. The van der Waals surface area contributed by atoms with Crippen LogP contribution in [0.4, 0.5) is 45.2 Å². The lowest BCUT2D eigenvalue weighted by Gasteiger charge is -2.20. The molecule has 16 heteroatoms. The Morgan fingerprint density at radius 1 is 0.952 bits per heavy atom. The predicted molar refractivity (Wildman–Crippen MR) is 129 cm³/mol. The van der Waals surface area contributed by atoms with Crippen molar-refractivity contribution in [1.29, 1.82) is 0 Å². The second-order valence-corrected chi connectivity index (χ2v) is 9.05. The Morgan fingerprint density at radius 3 is 2.19 bits per heavy atom. The van der Waals surface area contributed by atoms with Crippen LogP contribution in [-0.2, 0) is 18.0 Å². The topological polar surface area (TPSA) is 81.3 Å². The van der Waals surface area contributed by atoms with Crippen molar-refractivity contribution in [2.24, 2.45) is 7.05 Å². The Morgan fingerprint density at radius 2 is 1.60 bits per heavy atom. The quantitative estimate of drug-likeness (QED) is 0.148. The molecule has 42 heavy (non-hydrogen) atoms. The fraction of sp³-hybridized carbons (Fsp3) is 0.154. The normalized spacial score (nSPS) is 12.4. The minimum atomic E-state index is -5.48. The number of rotatable bonds is 4. The van der Waals surface area contributed by atoms with Crippen molar-refractivity contribution in [3.63, 3.8) is 0 Å². The maximum Gasteiger partial charge on any atom is 0.471 e. The number of ketones is 1. The van der Waals surface area contributed by atoms with Gasteiger partial charge in [-0.1, -0.05) is 6.07 Å². The largest absolute Gasteiger partial charge is 0.471 e.